The molecule has 4 nitrogen and oxygen atoms in total. The van der Waals surface area contributed by atoms with E-state index < -0.39 is 5.82 Å². The van der Waals surface area contributed by atoms with Crippen molar-refractivity contribution in [1.29, 1.82) is 0 Å². The number of carbonyl (C=O) groups is 1. The summed E-state index contributed by atoms with van der Waals surface area (Å²) in [5.74, 6) is -0.535. The van der Waals surface area contributed by atoms with Crippen molar-refractivity contribution < 1.29 is 9.18 Å². The van der Waals surface area contributed by atoms with E-state index in [1.807, 2.05) is 11.8 Å². The van der Waals surface area contributed by atoms with Crippen molar-refractivity contribution in [3.05, 3.63) is 29.8 Å². The molecule has 1 fully saturated rings. The highest BCUT2D eigenvalue weighted by atomic mass is 19.1. The van der Waals surface area contributed by atoms with Gasteiger partial charge in [0.25, 0.3) is 5.91 Å². The number of hydrogen-bond acceptors (Lipinski definition) is 3. The van der Waals surface area contributed by atoms with Gasteiger partial charge in [0.1, 0.15) is 11.5 Å². The zero-order valence-corrected chi connectivity index (χ0v) is 9.82. The average molecular weight is 237 g/mol. The minimum Gasteiger partial charge on any atom is -0.332 e. The van der Waals surface area contributed by atoms with E-state index in [0.29, 0.717) is 12.2 Å². The molecule has 1 aromatic rings. The van der Waals surface area contributed by atoms with E-state index in [9.17, 15) is 9.18 Å². The van der Waals surface area contributed by atoms with E-state index in [0.717, 1.165) is 25.7 Å². The van der Waals surface area contributed by atoms with E-state index in [1.54, 1.807) is 0 Å². The number of pyridine rings is 1. The molecule has 0 saturated carbocycles. The van der Waals surface area contributed by atoms with Gasteiger partial charge in [0.15, 0.2) is 0 Å². The van der Waals surface area contributed by atoms with Crippen LogP contribution in [0.3, 0.4) is 0 Å². The van der Waals surface area contributed by atoms with E-state index in [-0.39, 0.29) is 11.9 Å². The van der Waals surface area contributed by atoms with Crippen molar-refractivity contribution in [2.24, 2.45) is 0 Å². The van der Waals surface area contributed by atoms with Crippen LogP contribution in [0.2, 0.25) is 0 Å². The molecule has 1 N–H and O–H groups in total. The van der Waals surface area contributed by atoms with Gasteiger partial charge in [-0.05, 0) is 18.6 Å². The number of nitrogens with zero attached hydrogens (tertiary/aromatic N) is 2. The fourth-order valence-electron chi connectivity index (χ4n) is 1.83. The summed E-state index contributed by atoms with van der Waals surface area (Å²) in [7, 11) is 0. The molecular weight excluding hydrogens is 221 g/mol. The molecule has 0 spiro atoms. The quantitative estimate of drug-likeness (QED) is 0.851. The molecule has 0 aromatic carbocycles. The predicted molar refractivity (Wildman–Crippen MR) is 62.2 cm³/mol. The Morgan fingerprint density at radius 2 is 2.35 bits per heavy atom. The summed E-state index contributed by atoms with van der Waals surface area (Å²) in [6.45, 7) is 4.40. The number of rotatable bonds is 4. The number of aromatic nitrogens is 1. The summed E-state index contributed by atoms with van der Waals surface area (Å²) < 4.78 is 12.7. The molecule has 0 radical (unpaired) electrons. The van der Waals surface area contributed by atoms with Gasteiger partial charge in [-0.25, -0.2) is 9.37 Å². The van der Waals surface area contributed by atoms with Crippen molar-refractivity contribution in [2.75, 3.05) is 19.6 Å². The number of halogens is 1. The Morgan fingerprint density at radius 1 is 1.59 bits per heavy atom. The van der Waals surface area contributed by atoms with Crippen LogP contribution in [0.4, 0.5) is 4.39 Å². The van der Waals surface area contributed by atoms with Crippen LogP contribution >= 0.6 is 0 Å². The van der Waals surface area contributed by atoms with Crippen molar-refractivity contribution in [2.45, 2.75) is 19.4 Å². The minimum atomic E-state index is -0.422. The number of carbonyl (C=O) groups excluding carboxylic acids is 1. The van der Waals surface area contributed by atoms with Gasteiger partial charge in [0.2, 0.25) is 0 Å². The van der Waals surface area contributed by atoms with Gasteiger partial charge in [0, 0.05) is 19.6 Å². The van der Waals surface area contributed by atoms with Crippen molar-refractivity contribution >= 4 is 5.91 Å². The Hall–Kier alpha value is -1.49. The second kappa shape index (κ2) is 5.23. The maximum Gasteiger partial charge on any atom is 0.272 e. The van der Waals surface area contributed by atoms with Crippen LogP contribution < -0.4 is 5.32 Å². The highest BCUT2D eigenvalue weighted by Gasteiger charge is 2.28. The molecule has 5 heteroatoms. The van der Waals surface area contributed by atoms with E-state index in [1.165, 1.54) is 12.1 Å². The van der Waals surface area contributed by atoms with E-state index in [2.05, 4.69) is 10.3 Å². The Kier molecular flexibility index (Phi) is 3.68. The van der Waals surface area contributed by atoms with Crippen LogP contribution in [0.15, 0.2) is 18.3 Å². The third-order valence-corrected chi connectivity index (χ3v) is 2.87. The molecule has 1 saturated heterocycles. The number of nitrogens with one attached hydrogen (secondary N) is 1. The van der Waals surface area contributed by atoms with Crippen LogP contribution in [0.5, 0.6) is 0 Å². The summed E-state index contributed by atoms with van der Waals surface area (Å²) in [4.78, 5) is 17.8. The van der Waals surface area contributed by atoms with Crippen molar-refractivity contribution in [1.82, 2.24) is 15.2 Å². The van der Waals surface area contributed by atoms with Gasteiger partial charge >= 0.3 is 0 Å². The lowest BCUT2D eigenvalue weighted by Gasteiger charge is -2.38. The van der Waals surface area contributed by atoms with E-state index >= 15 is 0 Å². The first-order chi connectivity index (χ1) is 8.22. The zero-order chi connectivity index (χ0) is 12.3. The van der Waals surface area contributed by atoms with Crippen LogP contribution in [-0.2, 0) is 0 Å². The first-order valence-corrected chi connectivity index (χ1v) is 5.85. The minimum absolute atomic E-state index is 0.113. The lowest BCUT2D eigenvalue weighted by Crippen LogP contribution is -2.59. The second-order valence-corrected chi connectivity index (χ2v) is 4.17. The van der Waals surface area contributed by atoms with Gasteiger partial charge in [-0.1, -0.05) is 6.92 Å². The maximum atomic E-state index is 12.7. The lowest BCUT2D eigenvalue weighted by molar-refractivity contribution is 0.0609. The summed E-state index contributed by atoms with van der Waals surface area (Å²) in [5.41, 5.74) is 0.312. The lowest BCUT2D eigenvalue weighted by atomic mass is 10.1. The Morgan fingerprint density at radius 3 is 2.82 bits per heavy atom. The molecule has 2 rings (SSSR count). The third-order valence-electron chi connectivity index (χ3n) is 2.87. The van der Waals surface area contributed by atoms with Gasteiger partial charge in [-0.2, -0.15) is 0 Å². The SMILES string of the molecule is CCCN(C(=O)c1ccc(F)cn1)C1CNC1. The van der Waals surface area contributed by atoms with Crippen LogP contribution in [0.1, 0.15) is 23.8 Å². The Bertz CT molecular complexity index is 389. The molecule has 17 heavy (non-hydrogen) atoms. The van der Waals surface area contributed by atoms with Gasteiger partial charge < -0.3 is 10.2 Å². The molecule has 1 aliphatic rings. The summed E-state index contributed by atoms with van der Waals surface area (Å²) in [6, 6.07) is 2.95. The monoisotopic (exact) mass is 237 g/mol. The maximum absolute atomic E-state index is 12.7. The fraction of sp³-hybridized carbons (Fsp3) is 0.500. The molecule has 1 aromatic heterocycles. The predicted octanol–water partition coefficient (Wildman–Crippen LogP) is 1.04. The molecule has 92 valence electrons. The number of hydrogen-bond donors (Lipinski definition) is 1. The summed E-state index contributed by atoms with van der Waals surface area (Å²) >= 11 is 0. The third kappa shape index (κ3) is 2.61. The molecule has 2 heterocycles. The summed E-state index contributed by atoms with van der Waals surface area (Å²) in [5, 5.41) is 3.14. The molecule has 1 aliphatic heterocycles. The van der Waals surface area contributed by atoms with Crippen molar-refractivity contribution in [3.63, 3.8) is 0 Å². The molecular formula is C12H16FN3O. The van der Waals surface area contributed by atoms with Gasteiger partial charge in [0.05, 0.1) is 12.2 Å². The molecule has 0 atom stereocenters. The normalized spacial score (nSPS) is 15.4. The molecule has 0 aliphatic carbocycles. The van der Waals surface area contributed by atoms with Crippen LogP contribution in [0, 0.1) is 5.82 Å². The molecule has 0 unspecified atom stereocenters. The molecule has 1 amide bonds. The second-order valence-electron chi connectivity index (χ2n) is 4.17. The Labute approximate surface area is 99.8 Å². The standard InChI is InChI=1S/C12H16FN3O/c1-2-5-16(10-7-14-8-10)12(17)11-4-3-9(13)6-15-11/h3-4,6,10,14H,2,5,7-8H2,1H3. The molecule has 0 bridgehead atoms. The van der Waals surface area contributed by atoms with E-state index in [4.69, 9.17) is 0 Å². The van der Waals surface area contributed by atoms with Crippen LogP contribution in [0.25, 0.3) is 0 Å². The first-order valence-electron chi connectivity index (χ1n) is 5.85. The van der Waals surface area contributed by atoms with Crippen molar-refractivity contribution in [3.8, 4) is 0 Å². The fourth-order valence-corrected chi connectivity index (χ4v) is 1.83. The first kappa shape index (κ1) is 12.0. The Balaban J connectivity index is 2.12. The smallest absolute Gasteiger partial charge is 0.272 e. The highest BCUT2D eigenvalue weighted by molar-refractivity contribution is 5.92. The largest absolute Gasteiger partial charge is 0.332 e. The van der Waals surface area contributed by atoms with Crippen LogP contribution in [-0.4, -0.2) is 41.5 Å². The van der Waals surface area contributed by atoms with Gasteiger partial charge in [-0.3, -0.25) is 4.79 Å². The topological polar surface area (TPSA) is 45.2 Å². The van der Waals surface area contributed by atoms with Gasteiger partial charge in [-0.15, -0.1) is 0 Å². The zero-order valence-electron chi connectivity index (χ0n) is 9.82. The number of amides is 1. The highest BCUT2D eigenvalue weighted by Crippen LogP contribution is 2.11. The summed E-state index contributed by atoms with van der Waals surface area (Å²) in [6.07, 6.45) is 1.99. The average Bonchev–Trinajstić information content (AvgIpc) is 2.26.